The number of ether oxygens (including phenoxy) is 2. The molecule has 0 radical (unpaired) electrons. The van der Waals surface area contributed by atoms with E-state index < -0.39 is 29.9 Å². The number of aryl methyl sites for hydroxylation is 1. The van der Waals surface area contributed by atoms with Gasteiger partial charge in [-0.25, -0.2) is 9.18 Å². The Morgan fingerprint density at radius 1 is 1.13 bits per heavy atom. The minimum Gasteiger partial charge on any atom is -0.497 e. The number of carbonyl (C=O) groups is 2. The number of rotatable bonds is 7. The zero-order chi connectivity index (χ0) is 21.7. The highest BCUT2D eigenvalue weighted by atomic mass is 19.1. The predicted molar refractivity (Wildman–Crippen MR) is 108 cm³/mol. The summed E-state index contributed by atoms with van der Waals surface area (Å²) in [5, 5.41) is 3.24. The maximum atomic E-state index is 12.9. The fourth-order valence-corrected chi connectivity index (χ4v) is 2.97. The highest BCUT2D eigenvalue weighted by Crippen LogP contribution is 2.24. The molecule has 1 amide bonds. The van der Waals surface area contributed by atoms with Crippen LogP contribution < -0.4 is 15.7 Å². The molecule has 1 aromatic heterocycles. The molecule has 0 fully saturated rings. The van der Waals surface area contributed by atoms with E-state index in [0.29, 0.717) is 28.1 Å². The van der Waals surface area contributed by atoms with Gasteiger partial charge in [-0.1, -0.05) is 0 Å². The highest BCUT2D eigenvalue weighted by Gasteiger charge is 2.15. The number of methoxy groups -OCH3 is 1. The molecular weight excluding hydrogens is 393 g/mol. The largest absolute Gasteiger partial charge is 0.497 e. The second-order valence-corrected chi connectivity index (χ2v) is 6.57. The van der Waals surface area contributed by atoms with Gasteiger partial charge in [0.15, 0.2) is 6.61 Å². The Bertz CT molecular complexity index is 1140. The minimum atomic E-state index is -0.627. The van der Waals surface area contributed by atoms with Crippen molar-refractivity contribution in [3.63, 3.8) is 0 Å². The summed E-state index contributed by atoms with van der Waals surface area (Å²) in [5.41, 5.74) is 1.35. The van der Waals surface area contributed by atoms with Gasteiger partial charge in [0.25, 0.3) is 5.91 Å². The molecule has 3 rings (SSSR count). The first-order valence-electron chi connectivity index (χ1n) is 9.18. The molecule has 1 heterocycles. The number of fused-ring (bicyclic) bond motifs is 1. The van der Waals surface area contributed by atoms with E-state index in [0.717, 1.165) is 5.39 Å². The minimum absolute atomic E-state index is 0.0862. The molecule has 2 aromatic carbocycles. The van der Waals surface area contributed by atoms with Gasteiger partial charge in [-0.2, -0.15) is 0 Å². The van der Waals surface area contributed by atoms with E-state index >= 15 is 0 Å². The first-order chi connectivity index (χ1) is 14.4. The van der Waals surface area contributed by atoms with Crippen LogP contribution in [0.2, 0.25) is 0 Å². The summed E-state index contributed by atoms with van der Waals surface area (Å²) < 4.78 is 28.3. The molecule has 156 valence electrons. The lowest BCUT2D eigenvalue weighted by atomic mass is 10.0. The monoisotopic (exact) mass is 413 g/mol. The van der Waals surface area contributed by atoms with Crippen LogP contribution in [0.5, 0.6) is 5.75 Å². The Kier molecular flexibility index (Phi) is 6.46. The van der Waals surface area contributed by atoms with Gasteiger partial charge >= 0.3 is 11.6 Å². The summed E-state index contributed by atoms with van der Waals surface area (Å²) in [6, 6.07) is 10.4. The van der Waals surface area contributed by atoms with Crippen molar-refractivity contribution in [3.05, 3.63) is 69.8 Å². The summed E-state index contributed by atoms with van der Waals surface area (Å²) in [7, 11) is 1.52. The number of halogens is 1. The Balaban J connectivity index is 1.57. The summed E-state index contributed by atoms with van der Waals surface area (Å²) in [6.07, 6.45) is 0.0334. The van der Waals surface area contributed by atoms with E-state index in [1.54, 1.807) is 25.1 Å². The maximum absolute atomic E-state index is 12.9. The number of carbonyl (C=O) groups excluding carboxylic acids is 2. The van der Waals surface area contributed by atoms with Crippen molar-refractivity contribution in [2.45, 2.75) is 19.8 Å². The van der Waals surface area contributed by atoms with Crippen molar-refractivity contribution >= 4 is 28.5 Å². The highest BCUT2D eigenvalue weighted by molar-refractivity contribution is 5.92. The van der Waals surface area contributed by atoms with Crippen LogP contribution in [0.25, 0.3) is 11.0 Å². The molecule has 0 bridgehead atoms. The van der Waals surface area contributed by atoms with Crippen molar-refractivity contribution in [1.29, 1.82) is 0 Å². The van der Waals surface area contributed by atoms with Gasteiger partial charge in [0, 0.05) is 29.1 Å². The number of hydrogen-bond donors (Lipinski definition) is 1. The van der Waals surface area contributed by atoms with Crippen molar-refractivity contribution in [3.8, 4) is 5.75 Å². The van der Waals surface area contributed by atoms with Crippen LogP contribution in [0.4, 0.5) is 10.1 Å². The lowest BCUT2D eigenvalue weighted by molar-refractivity contribution is -0.147. The van der Waals surface area contributed by atoms with Crippen LogP contribution in [-0.4, -0.2) is 25.6 Å². The lowest BCUT2D eigenvalue weighted by Crippen LogP contribution is -2.21. The van der Waals surface area contributed by atoms with Crippen molar-refractivity contribution in [1.82, 2.24) is 0 Å². The smallest absolute Gasteiger partial charge is 0.339 e. The fourth-order valence-electron chi connectivity index (χ4n) is 2.97. The molecule has 0 atom stereocenters. The number of anilines is 1. The van der Waals surface area contributed by atoms with Crippen LogP contribution in [0.1, 0.15) is 17.5 Å². The third-order valence-electron chi connectivity index (χ3n) is 4.57. The van der Waals surface area contributed by atoms with E-state index in [4.69, 9.17) is 13.9 Å². The fraction of sp³-hybridized carbons (Fsp3) is 0.227. The van der Waals surface area contributed by atoms with Gasteiger partial charge in [-0.05, 0) is 55.3 Å². The molecule has 0 saturated heterocycles. The van der Waals surface area contributed by atoms with E-state index in [-0.39, 0.29) is 12.8 Å². The first-order valence-corrected chi connectivity index (χ1v) is 9.18. The van der Waals surface area contributed by atoms with Crippen LogP contribution in [0.3, 0.4) is 0 Å². The van der Waals surface area contributed by atoms with E-state index in [1.807, 2.05) is 0 Å². The van der Waals surface area contributed by atoms with Crippen LogP contribution in [0.15, 0.2) is 51.7 Å². The van der Waals surface area contributed by atoms with Crippen LogP contribution in [0, 0.1) is 12.7 Å². The zero-order valence-corrected chi connectivity index (χ0v) is 16.5. The maximum Gasteiger partial charge on any atom is 0.339 e. The van der Waals surface area contributed by atoms with Gasteiger partial charge in [-0.3, -0.25) is 9.59 Å². The zero-order valence-electron chi connectivity index (χ0n) is 16.5. The van der Waals surface area contributed by atoms with E-state index in [1.165, 1.54) is 31.4 Å². The molecule has 30 heavy (non-hydrogen) atoms. The lowest BCUT2D eigenvalue weighted by Gasteiger charge is -2.09. The first kappa shape index (κ1) is 21.0. The molecule has 0 saturated carbocycles. The summed E-state index contributed by atoms with van der Waals surface area (Å²) in [4.78, 5) is 36.1. The third kappa shape index (κ3) is 5.02. The Hall–Kier alpha value is -3.68. The molecule has 1 N–H and O–H groups in total. The molecule has 0 spiro atoms. The second kappa shape index (κ2) is 9.21. The number of esters is 1. The average Bonchev–Trinajstić information content (AvgIpc) is 2.73. The van der Waals surface area contributed by atoms with Crippen LogP contribution >= 0.6 is 0 Å². The Labute approximate surface area is 171 Å². The number of amides is 1. The van der Waals surface area contributed by atoms with Gasteiger partial charge in [0.2, 0.25) is 0 Å². The van der Waals surface area contributed by atoms with E-state index in [2.05, 4.69) is 5.32 Å². The quantitative estimate of drug-likeness (QED) is 0.471. The second-order valence-electron chi connectivity index (χ2n) is 6.57. The molecular formula is C22H20FNO6. The SMILES string of the molecule is COc1ccc2c(C)c(CCC(=O)OCC(=O)Nc3ccc(F)cc3)c(=O)oc2c1. The van der Waals surface area contributed by atoms with Gasteiger partial charge < -0.3 is 19.2 Å². The molecule has 7 nitrogen and oxygen atoms in total. The van der Waals surface area contributed by atoms with Gasteiger partial charge in [0.1, 0.15) is 17.1 Å². The summed E-state index contributed by atoms with van der Waals surface area (Å²) >= 11 is 0. The van der Waals surface area contributed by atoms with E-state index in [9.17, 15) is 18.8 Å². The number of benzene rings is 2. The molecule has 0 unspecified atom stereocenters. The van der Waals surface area contributed by atoms with Gasteiger partial charge in [-0.15, -0.1) is 0 Å². The Morgan fingerprint density at radius 2 is 1.87 bits per heavy atom. The molecule has 0 aliphatic heterocycles. The average molecular weight is 413 g/mol. The number of hydrogen-bond acceptors (Lipinski definition) is 6. The summed E-state index contributed by atoms with van der Waals surface area (Å²) in [6.45, 7) is 1.30. The van der Waals surface area contributed by atoms with Crippen molar-refractivity contribution in [2.75, 3.05) is 19.0 Å². The molecule has 0 aliphatic carbocycles. The Morgan fingerprint density at radius 3 is 2.57 bits per heavy atom. The normalized spacial score (nSPS) is 10.6. The molecule has 3 aromatic rings. The van der Waals surface area contributed by atoms with Crippen molar-refractivity contribution < 1.29 is 27.9 Å². The summed E-state index contributed by atoms with van der Waals surface area (Å²) in [5.74, 6) is -1.03. The van der Waals surface area contributed by atoms with Crippen LogP contribution in [-0.2, 0) is 20.7 Å². The van der Waals surface area contributed by atoms with Crippen molar-refractivity contribution in [2.24, 2.45) is 0 Å². The topological polar surface area (TPSA) is 94.8 Å². The molecule has 0 aliphatic rings. The number of nitrogens with one attached hydrogen (secondary N) is 1. The standard InChI is InChI=1S/C22H20FNO6/c1-13-17-8-7-16(28-2)11-19(17)30-22(27)18(13)9-10-21(26)29-12-20(25)24-15-5-3-14(23)4-6-15/h3-8,11H,9-10,12H2,1-2H3,(H,24,25). The third-order valence-corrected chi connectivity index (χ3v) is 4.57. The molecule has 8 heteroatoms. The van der Waals surface area contributed by atoms with Gasteiger partial charge in [0.05, 0.1) is 7.11 Å². The predicted octanol–water partition coefficient (Wildman–Crippen LogP) is 3.36.